The fraction of sp³-hybridized carbons (Fsp3) is 0.136. The monoisotopic (exact) mass is 376 g/mol. The van der Waals surface area contributed by atoms with Gasteiger partial charge in [0.05, 0.1) is 6.20 Å². The topological polar surface area (TPSA) is 77.5 Å². The molecule has 1 amide bonds. The largest absolute Gasteiger partial charge is 0.455 e. The molecule has 0 aliphatic rings. The molecule has 6 nitrogen and oxygen atoms in total. The zero-order chi connectivity index (χ0) is 19.8. The second-order valence-electron chi connectivity index (χ2n) is 5.92. The van der Waals surface area contributed by atoms with Crippen molar-refractivity contribution in [2.24, 2.45) is 0 Å². The van der Waals surface area contributed by atoms with Crippen LogP contribution in [0.4, 0.5) is 5.69 Å². The molecule has 0 unspecified atom stereocenters. The SMILES string of the molecule is CCc1ccccc1NC(=O)COC(=O)c1ccccc1Oc1cccnc1. The van der Waals surface area contributed by atoms with Gasteiger partial charge in [0, 0.05) is 11.9 Å². The summed E-state index contributed by atoms with van der Waals surface area (Å²) in [6.07, 6.45) is 3.96. The summed E-state index contributed by atoms with van der Waals surface area (Å²) in [5, 5.41) is 2.77. The van der Waals surface area contributed by atoms with Crippen molar-refractivity contribution < 1.29 is 19.1 Å². The van der Waals surface area contributed by atoms with Crippen LogP contribution >= 0.6 is 0 Å². The van der Waals surface area contributed by atoms with E-state index in [1.165, 1.54) is 0 Å². The van der Waals surface area contributed by atoms with E-state index in [1.54, 1.807) is 48.8 Å². The fourth-order valence-electron chi connectivity index (χ4n) is 2.60. The van der Waals surface area contributed by atoms with Crippen LogP contribution in [0.15, 0.2) is 73.1 Å². The summed E-state index contributed by atoms with van der Waals surface area (Å²) in [6.45, 7) is 1.61. The summed E-state index contributed by atoms with van der Waals surface area (Å²) in [4.78, 5) is 28.6. The van der Waals surface area contributed by atoms with Crippen LogP contribution in [0.2, 0.25) is 0 Å². The van der Waals surface area contributed by atoms with Crippen LogP contribution in [0.3, 0.4) is 0 Å². The number of anilines is 1. The zero-order valence-corrected chi connectivity index (χ0v) is 15.4. The van der Waals surface area contributed by atoms with Crippen molar-refractivity contribution in [3.8, 4) is 11.5 Å². The molecule has 0 bridgehead atoms. The molecule has 2 aromatic carbocycles. The maximum Gasteiger partial charge on any atom is 0.342 e. The van der Waals surface area contributed by atoms with Crippen LogP contribution < -0.4 is 10.1 Å². The first-order valence-electron chi connectivity index (χ1n) is 8.89. The highest BCUT2D eigenvalue weighted by Crippen LogP contribution is 2.25. The molecule has 3 aromatic rings. The molecule has 1 aromatic heterocycles. The number of nitrogens with one attached hydrogen (secondary N) is 1. The molecule has 0 radical (unpaired) electrons. The van der Waals surface area contributed by atoms with Gasteiger partial charge in [-0.1, -0.05) is 37.3 Å². The Kier molecular flexibility index (Phi) is 6.36. The van der Waals surface area contributed by atoms with Crippen LogP contribution in [-0.4, -0.2) is 23.5 Å². The van der Waals surface area contributed by atoms with Crippen molar-refractivity contribution >= 4 is 17.6 Å². The van der Waals surface area contributed by atoms with E-state index in [1.807, 2.05) is 31.2 Å². The van der Waals surface area contributed by atoms with Crippen molar-refractivity contribution in [2.75, 3.05) is 11.9 Å². The first kappa shape index (κ1) is 19.1. The molecule has 6 heteroatoms. The number of amides is 1. The maximum atomic E-state index is 12.4. The van der Waals surface area contributed by atoms with E-state index in [0.717, 1.165) is 12.0 Å². The van der Waals surface area contributed by atoms with Crippen molar-refractivity contribution in [2.45, 2.75) is 13.3 Å². The number of nitrogens with zero attached hydrogens (tertiary/aromatic N) is 1. The number of rotatable bonds is 7. The van der Waals surface area contributed by atoms with Crippen LogP contribution in [0.25, 0.3) is 0 Å². The summed E-state index contributed by atoms with van der Waals surface area (Å²) >= 11 is 0. The van der Waals surface area contributed by atoms with E-state index in [-0.39, 0.29) is 5.56 Å². The van der Waals surface area contributed by atoms with Gasteiger partial charge in [-0.15, -0.1) is 0 Å². The summed E-state index contributed by atoms with van der Waals surface area (Å²) in [7, 11) is 0. The van der Waals surface area contributed by atoms with E-state index in [0.29, 0.717) is 17.2 Å². The quantitative estimate of drug-likeness (QED) is 0.624. The lowest BCUT2D eigenvalue weighted by Crippen LogP contribution is -2.21. The number of para-hydroxylation sites is 2. The Hall–Kier alpha value is -3.67. The van der Waals surface area contributed by atoms with Gasteiger partial charge in [-0.2, -0.15) is 0 Å². The van der Waals surface area contributed by atoms with Crippen LogP contribution in [0.5, 0.6) is 11.5 Å². The van der Waals surface area contributed by atoms with Crippen LogP contribution in [0, 0.1) is 0 Å². The molecule has 28 heavy (non-hydrogen) atoms. The number of aryl methyl sites for hydroxylation is 1. The lowest BCUT2D eigenvalue weighted by atomic mass is 10.1. The average Bonchev–Trinajstić information content (AvgIpc) is 2.73. The van der Waals surface area contributed by atoms with Crippen molar-refractivity contribution in [3.63, 3.8) is 0 Å². The molecule has 0 atom stereocenters. The number of benzene rings is 2. The minimum absolute atomic E-state index is 0.230. The fourth-order valence-corrected chi connectivity index (χ4v) is 2.60. The van der Waals surface area contributed by atoms with Gasteiger partial charge in [0.15, 0.2) is 6.61 Å². The molecule has 0 saturated heterocycles. The van der Waals surface area contributed by atoms with Gasteiger partial charge in [0.1, 0.15) is 17.1 Å². The molecule has 1 heterocycles. The first-order valence-corrected chi connectivity index (χ1v) is 8.89. The third-order valence-corrected chi connectivity index (χ3v) is 3.98. The standard InChI is InChI=1S/C22H20N2O4/c1-2-16-8-3-5-11-19(16)24-21(25)15-27-22(26)18-10-4-6-12-20(18)28-17-9-7-13-23-14-17/h3-14H,2,15H2,1H3,(H,24,25). The summed E-state index contributed by atoms with van der Waals surface area (Å²) < 4.78 is 10.9. The van der Waals surface area contributed by atoms with Gasteiger partial charge >= 0.3 is 5.97 Å². The predicted octanol–water partition coefficient (Wildman–Crippen LogP) is 4.23. The van der Waals surface area contributed by atoms with E-state index < -0.39 is 18.5 Å². The number of hydrogen-bond acceptors (Lipinski definition) is 5. The Labute approximate surface area is 163 Å². The van der Waals surface area contributed by atoms with E-state index >= 15 is 0 Å². The maximum absolute atomic E-state index is 12.4. The number of esters is 1. The van der Waals surface area contributed by atoms with Gasteiger partial charge in [-0.3, -0.25) is 9.78 Å². The minimum atomic E-state index is -0.640. The summed E-state index contributed by atoms with van der Waals surface area (Å²) in [6, 6.07) is 17.6. The molecule has 1 N–H and O–H groups in total. The van der Waals surface area contributed by atoms with Gasteiger partial charge in [0.2, 0.25) is 0 Å². The van der Waals surface area contributed by atoms with Gasteiger partial charge in [-0.25, -0.2) is 4.79 Å². The number of carbonyl (C=O) groups is 2. The Morgan fingerprint density at radius 3 is 2.57 bits per heavy atom. The normalized spacial score (nSPS) is 10.2. The highest BCUT2D eigenvalue weighted by Gasteiger charge is 2.16. The molecule has 3 rings (SSSR count). The number of ether oxygens (including phenoxy) is 2. The Balaban J connectivity index is 1.63. The van der Waals surface area contributed by atoms with Crippen molar-refractivity contribution in [1.82, 2.24) is 4.98 Å². The van der Waals surface area contributed by atoms with Gasteiger partial charge in [-0.05, 0) is 42.3 Å². The summed E-state index contributed by atoms with van der Waals surface area (Å²) in [5.74, 6) is -0.216. The molecule has 0 aliphatic heterocycles. The van der Waals surface area contributed by atoms with Crippen LogP contribution in [0.1, 0.15) is 22.8 Å². The third kappa shape index (κ3) is 4.94. The van der Waals surface area contributed by atoms with E-state index in [2.05, 4.69) is 10.3 Å². The second kappa shape index (κ2) is 9.32. The Morgan fingerprint density at radius 2 is 1.79 bits per heavy atom. The molecule has 0 saturated carbocycles. The highest BCUT2D eigenvalue weighted by atomic mass is 16.5. The lowest BCUT2D eigenvalue weighted by Gasteiger charge is -2.12. The van der Waals surface area contributed by atoms with Crippen molar-refractivity contribution in [3.05, 3.63) is 84.2 Å². The molecule has 142 valence electrons. The van der Waals surface area contributed by atoms with Crippen molar-refractivity contribution in [1.29, 1.82) is 0 Å². The third-order valence-electron chi connectivity index (χ3n) is 3.98. The Morgan fingerprint density at radius 1 is 1.00 bits per heavy atom. The van der Waals surface area contributed by atoms with Crippen LogP contribution in [-0.2, 0) is 16.0 Å². The molecular weight excluding hydrogens is 356 g/mol. The highest BCUT2D eigenvalue weighted by molar-refractivity contribution is 5.97. The Bertz CT molecular complexity index is 958. The predicted molar refractivity (Wildman–Crippen MR) is 105 cm³/mol. The van der Waals surface area contributed by atoms with E-state index in [9.17, 15) is 9.59 Å². The smallest absolute Gasteiger partial charge is 0.342 e. The molecule has 0 aliphatic carbocycles. The number of aromatic nitrogens is 1. The molecular formula is C22H20N2O4. The average molecular weight is 376 g/mol. The molecule has 0 fully saturated rings. The van der Waals surface area contributed by atoms with E-state index in [4.69, 9.17) is 9.47 Å². The number of carbonyl (C=O) groups excluding carboxylic acids is 2. The zero-order valence-electron chi connectivity index (χ0n) is 15.4. The lowest BCUT2D eigenvalue weighted by molar-refractivity contribution is -0.119. The van der Waals surface area contributed by atoms with Gasteiger partial charge < -0.3 is 14.8 Å². The summed E-state index contributed by atoms with van der Waals surface area (Å²) in [5.41, 5.74) is 1.96. The second-order valence-corrected chi connectivity index (χ2v) is 5.92. The number of hydrogen-bond donors (Lipinski definition) is 1. The molecule has 0 spiro atoms. The van der Waals surface area contributed by atoms with Gasteiger partial charge in [0.25, 0.3) is 5.91 Å². The number of pyridine rings is 1. The minimum Gasteiger partial charge on any atom is -0.455 e. The first-order chi connectivity index (χ1) is 13.7.